The number of benzene rings is 2. The minimum absolute atomic E-state index is 0.284. The Morgan fingerprint density at radius 1 is 1.00 bits per heavy atom. The Labute approximate surface area is 167 Å². The molecule has 0 fully saturated rings. The predicted molar refractivity (Wildman–Crippen MR) is 105 cm³/mol. The third kappa shape index (κ3) is 6.51. The number of hydrogen-bond donors (Lipinski definition) is 2. The highest BCUT2D eigenvalue weighted by molar-refractivity contribution is 6.42. The Morgan fingerprint density at radius 3 is 2.41 bits per heavy atom. The van der Waals surface area contributed by atoms with E-state index in [1.165, 1.54) is 12.2 Å². The number of halogens is 2. The second-order valence-electron chi connectivity index (χ2n) is 5.18. The first-order valence-corrected chi connectivity index (χ1v) is 8.82. The molecule has 2 aromatic carbocycles. The third-order valence-electron chi connectivity index (χ3n) is 3.23. The van der Waals surface area contributed by atoms with Crippen molar-refractivity contribution in [3.8, 4) is 11.5 Å². The van der Waals surface area contributed by atoms with E-state index in [0.29, 0.717) is 33.7 Å². The molecule has 0 radical (unpaired) electrons. The summed E-state index contributed by atoms with van der Waals surface area (Å²) in [6, 6.07) is 12.1. The summed E-state index contributed by atoms with van der Waals surface area (Å²) in [7, 11) is 0. The number of rotatable bonds is 7. The topological polar surface area (TPSA) is 76.7 Å². The molecule has 2 rings (SSSR count). The van der Waals surface area contributed by atoms with Gasteiger partial charge < -0.3 is 9.47 Å². The number of ether oxygens (including phenoxy) is 2. The van der Waals surface area contributed by atoms with Crippen molar-refractivity contribution in [3.63, 3.8) is 0 Å². The van der Waals surface area contributed by atoms with Gasteiger partial charge in [0.1, 0.15) is 0 Å². The van der Waals surface area contributed by atoms with Gasteiger partial charge in [-0.3, -0.25) is 20.4 Å². The second kappa shape index (κ2) is 10.4. The molecule has 0 saturated carbocycles. The van der Waals surface area contributed by atoms with Crippen LogP contribution >= 0.6 is 23.2 Å². The van der Waals surface area contributed by atoms with Crippen LogP contribution in [-0.2, 0) is 9.59 Å². The lowest BCUT2D eigenvalue weighted by Crippen LogP contribution is -2.43. The van der Waals surface area contributed by atoms with Crippen LogP contribution < -0.4 is 20.3 Å². The van der Waals surface area contributed by atoms with Crippen molar-refractivity contribution in [3.05, 3.63) is 64.1 Å². The van der Waals surface area contributed by atoms with E-state index in [1.807, 2.05) is 6.92 Å². The Kier molecular flexibility index (Phi) is 7.98. The Bertz CT molecular complexity index is 840. The zero-order valence-electron chi connectivity index (χ0n) is 14.5. The molecule has 142 valence electrons. The number of carbonyl (C=O) groups excluding carboxylic acids is 2. The third-order valence-corrected chi connectivity index (χ3v) is 4.06. The summed E-state index contributed by atoms with van der Waals surface area (Å²) in [6.07, 6.45) is 2.72. The number of carbonyl (C=O) groups is 2. The van der Waals surface area contributed by atoms with Gasteiger partial charge in [-0.05, 0) is 36.8 Å². The van der Waals surface area contributed by atoms with Crippen LogP contribution in [0.4, 0.5) is 0 Å². The number of nitrogens with one attached hydrogen (secondary N) is 2. The maximum Gasteiger partial charge on any atom is 0.276 e. The summed E-state index contributed by atoms with van der Waals surface area (Å²) >= 11 is 11.9. The predicted octanol–water partition coefficient (Wildman–Crippen LogP) is 3.63. The van der Waals surface area contributed by atoms with Crippen molar-refractivity contribution in [2.45, 2.75) is 6.92 Å². The summed E-state index contributed by atoms with van der Waals surface area (Å²) in [4.78, 5) is 23.6. The van der Waals surface area contributed by atoms with Crippen LogP contribution in [0.5, 0.6) is 11.5 Å². The standard InChI is InChI=1S/C19H18Cl2N2O4/c1-2-26-15-8-3-4-9-16(15)27-12-18(25)23-22-17(24)11-10-13-6-5-7-14(20)19(13)21/h3-11H,2,12H2,1H3,(H,22,24)(H,23,25)/b11-10+. The fraction of sp³-hybridized carbons (Fsp3) is 0.158. The van der Waals surface area contributed by atoms with E-state index in [-0.39, 0.29) is 6.61 Å². The molecule has 0 aliphatic rings. The molecule has 0 spiro atoms. The molecule has 0 bridgehead atoms. The quantitative estimate of drug-likeness (QED) is 0.541. The Hall–Kier alpha value is -2.70. The van der Waals surface area contributed by atoms with Crippen LogP contribution in [0, 0.1) is 0 Å². The van der Waals surface area contributed by atoms with Crippen molar-refractivity contribution < 1.29 is 19.1 Å². The molecule has 0 unspecified atom stereocenters. The molecule has 0 saturated heterocycles. The Balaban J connectivity index is 1.81. The van der Waals surface area contributed by atoms with E-state index in [0.717, 1.165) is 0 Å². The van der Waals surface area contributed by atoms with Crippen LogP contribution in [0.3, 0.4) is 0 Å². The fourth-order valence-corrected chi connectivity index (χ4v) is 2.38. The summed E-state index contributed by atoms with van der Waals surface area (Å²) in [5.41, 5.74) is 5.09. The first kappa shape index (κ1) is 20.6. The molecule has 6 nitrogen and oxygen atoms in total. The smallest absolute Gasteiger partial charge is 0.276 e. The lowest BCUT2D eigenvalue weighted by atomic mass is 10.2. The van der Waals surface area contributed by atoms with E-state index in [4.69, 9.17) is 32.7 Å². The summed E-state index contributed by atoms with van der Waals surface area (Å²) < 4.78 is 10.8. The molecular weight excluding hydrogens is 391 g/mol. The summed E-state index contributed by atoms with van der Waals surface area (Å²) in [5, 5.41) is 0.727. The molecule has 2 aromatic rings. The molecule has 0 heterocycles. The number of amides is 2. The molecule has 2 amide bonds. The van der Waals surface area contributed by atoms with E-state index < -0.39 is 11.8 Å². The van der Waals surface area contributed by atoms with Crippen LogP contribution in [0.25, 0.3) is 6.08 Å². The van der Waals surface area contributed by atoms with Crippen LogP contribution in [0.2, 0.25) is 10.0 Å². The molecule has 0 atom stereocenters. The maximum atomic E-state index is 11.8. The summed E-state index contributed by atoms with van der Waals surface area (Å²) in [6.45, 7) is 2.04. The van der Waals surface area contributed by atoms with Gasteiger partial charge in [-0.1, -0.05) is 47.5 Å². The monoisotopic (exact) mass is 408 g/mol. The van der Waals surface area contributed by atoms with Gasteiger partial charge in [0.05, 0.1) is 16.7 Å². The van der Waals surface area contributed by atoms with Crippen molar-refractivity contribution in [1.29, 1.82) is 0 Å². The number of para-hydroxylation sites is 2. The molecule has 8 heteroatoms. The largest absolute Gasteiger partial charge is 0.490 e. The van der Waals surface area contributed by atoms with Gasteiger partial charge in [-0.25, -0.2) is 0 Å². The van der Waals surface area contributed by atoms with Gasteiger partial charge >= 0.3 is 0 Å². The lowest BCUT2D eigenvalue weighted by molar-refractivity contribution is -0.128. The van der Waals surface area contributed by atoms with Crippen molar-refractivity contribution in [1.82, 2.24) is 10.9 Å². The Morgan fingerprint density at radius 2 is 1.70 bits per heavy atom. The summed E-state index contributed by atoms with van der Waals surface area (Å²) in [5.74, 6) is -0.0764. The minimum atomic E-state index is -0.533. The van der Waals surface area contributed by atoms with Gasteiger partial charge in [-0.15, -0.1) is 0 Å². The van der Waals surface area contributed by atoms with Gasteiger partial charge in [0.2, 0.25) is 0 Å². The van der Waals surface area contributed by atoms with Crippen molar-refractivity contribution >= 4 is 41.1 Å². The van der Waals surface area contributed by atoms with Crippen molar-refractivity contribution in [2.75, 3.05) is 13.2 Å². The highest BCUT2D eigenvalue weighted by Crippen LogP contribution is 2.27. The zero-order valence-corrected chi connectivity index (χ0v) is 16.0. The van der Waals surface area contributed by atoms with Crippen LogP contribution in [0.15, 0.2) is 48.5 Å². The molecule has 0 aliphatic carbocycles. The van der Waals surface area contributed by atoms with E-state index in [1.54, 1.807) is 42.5 Å². The van der Waals surface area contributed by atoms with Crippen molar-refractivity contribution in [2.24, 2.45) is 0 Å². The fourth-order valence-electron chi connectivity index (χ4n) is 2.01. The van der Waals surface area contributed by atoms with Crippen LogP contribution in [0.1, 0.15) is 12.5 Å². The molecule has 0 aliphatic heterocycles. The molecule has 27 heavy (non-hydrogen) atoms. The van der Waals surface area contributed by atoms with Gasteiger partial charge in [0, 0.05) is 6.08 Å². The van der Waals surface area contributed by atoms with E-state index in [2.05, 4.69) is 10.9 Å². The average molecular weight is 409 g/mol. The SMILES string of the molecule is CCOc1ccccc1OCC(=O)NNC(=O)/C=C/c1cccc(Cl)c1Cl. The highest BCUT2D eigenvalue weighted by Gasteiger charge is 2.08. The van der Waals surface area contributed by atoms with Gasteiger partial charge in [0.15, 0.2) is 18.1 Å². The number of hydrogen-bond acceptors (Lipinski definition) is 4. The first-order chi connectivity index (χ1) is 13.0. The van der Waals surface area contributed by atoms with Gasteiger partial charge in [0.25, 0.3) is 11.8 Å². The van der Waals surface area contributed by atoms with E-state index in [9.17, 15) is 9.59 Å². The van der Waals surface area contributed by atoms with Gasteiger partial charge in [-0.2, -0.15) is 0 Å². The van der Waals surface area contributed by atoms with E-state index >= 15 is 0 Å². The highest BCUT2D eigenvalue weighted by atomic mass is 35.5. The first-order valence-electron chi connectivity index (χ1n) is 8.06. The molecule has 0 aromatic heterocycles. The maximum absolute atomic E-state index is 11.8. The normalized spacial score (nSPS) is 10.5. The van der Waals surface area contributed by atoms with Crippen LogP contribution in [-0.4, -0.2) is 25.0 Å². The lowest BCUT2D eigenvalue weighted by Gasteiger charge is -2.11. The molecular formula is C19H18Cl2N2O4. The zero-order chi connectivity index (χ0) is 19.6. The minimum Gasteiger partial charge on any atom is -0.490 e. The second-order valence-corrected chi connectivity index (χ2v) is 5.97. The average Bonchev–Trinajstić information content (AvgIpc) is 2.67. The number of hydrazine groups is 1. The molecule has 2 N–H and O–H groups in total.